The van der Waals surface area contributed by atoms with Gasteiger partial charge in [-0.3, -0.25) is 4.79 Å². The molecule has 22 heavy (non-hydrogen) atoms. The average molecular weight is 303 g/mol. The van der Waals surface area contributed by atoms with E-state index in [1.165, 1.54) is 6.92 Å². The van der Waals surface area contributed by atoms with Gasteiger partial charge >= 0.3 is 0 Å². The Morgan fingerprint density at radius 2 is 2.23 bits per heavy atom. The Labute approximate surface area is 129 Å². The predicted molar refractivity (Wildman–Crippen MR) is 79.8 cm³/mol. The van der Waals surface area contributed by atoms with Crippen LogP contribution in [0, 0.1) is 5.92 Å². The molecule has 0 aromatic carbocycles. The van der Waals surface area contributed by atoms with Crippen molar-refractivity contribution in [3.8, 4) is 11.6 Å². The van der Waals surface area contributed by atoms with Gasteiger partial charge in [0.05, 0.1) is 5.54 Å². The summed E-state index contributed by atoms with van der Waals surface area (Å²) in [6.07, 6.45) is 4.09. The number of amides is 1. The van der Waals surface area contributed by atoms with Gasteiger partial charge in [0.25, 0.3) is 5.89 Å². The van der Waals surface area contributed by atoms with Crippen LogP contribution in [0.15, 0.2) is 10.7 Å². The van der Waals surface area contributed by atoms with E-state index >= 15 is 0 Å². The fourth-order valence-electron chi connectivity index (χ4n) is 2.79. The van der Waals surface area contributed by atoms with E-state index in [2.05, 4.69) is 31.9 Å². The number of fused-ring (bicyclic) bond motifs is 1. The highest BCUT2D eigenvalue weighted by atomic mass is 16.5. The zero-order chi connectivity index (χ0) is 15.9. The maximum absolute atomic E-state index is 11.3. The molecule has 0 spiro atoms. The number of nitrogens with zero attached hydrogens (tertiary/aromatic N) is 4. The Balaban J connectivity index is 1.87. The number of carbonyl (C=O) groups excluding carboxylic acids is 1. The van der Waals surface area contributed by atoms with E-state index in [4.69, 9.17) is 4.52 Å². The minimum atomic E-state index is -0.679. The molecule has 0 radical (unpaired) electrons. The molecule has 7 heteroatoms. The van der Waals surface area contributed by atoms with Crippen molar-refractivity contribution < 1.29 is 9.32 Å². The van der Waals surface area contributed by atoms with Crippen LogP contribution in [0.2, 0.25) is 0 Å². The molecule has 0 aliphatic carbocycles. The van der Waals surface area contributed by atoms with E-state index < -0.39 is 5.54 Å². The maximum atomic E-state index is 11.3. The van der Waals surface area contributed by atoms with Gasteiger partial charge in [-0.25, -0.2) is 4.98 Å². The summed E-state index contributed by atoms with van der Waals surface area (Å²) in [5.74, 6) is 2.42. The lowest BCUT2D eigenvalue weighted by atomic mass is 10.0. The van der Waals surface area contributed by atoms with Crippen LogP contribution in [0.1, 0.15) is 45.8 Å². The minimum Gasteiger partial charge on any atom is -0.344 e. The maximum Gasteiger partial charge on any atom is 0.278 e. The van der Waals surface area contributed by atoms with Crippen molar-refractivity contribution in [1.82, 2.24) is 25.0 Å². The van der Waals surface area contributed by atoms with Gasteiger partial charge in [-0.2, -0.15) is 4.98 Å². The van der Waals surface area contributed by atoms with Crippen molar-refractivity contribution >= 4 is 5.91 Å². The number of hydrogen-bond acceptors (Lipinski definition) is 5. The molecule has 1 aliphatic rings. The second-order valence-corrected chi connectivity index (χ2v) is 6.57. The van der Waals surface area contributed by atoms with Crippen molar-refractivity contribution in [1.29, 1.82) is 0 Å². The third kappa shape index (κ3) is 2.75. The highest BCUT2D eigenvalue weighted by Gasteiger charge is 2.29. The van der Waals surface area contributed by atoms with Crippen LogP contribution in [-0.4, -0.2) is 25.6 Å². The Hall–Kier alpha value is -2.18. The third-order valence-corrected chi connectivity index (χ3v) is 3.92. The molecule has 2 aromatic heterocycles. The lowest BCUT2D eigenvalue weighted by Crippen LogP contribution is -2.40. The molecule has 0 fully saturated rings. The minimum absolute atomic E-state index is 0.136. The van der Waals surface area contributed by atoms with Gasteiger partial charge in [0, 0.05) is 26.1 Å². The first-order chi connectivity index (χ1) is 10.3. The number of carbonyl (C=O) groups is 1. The first kappa shape index (κ1) is 14.7. The summed E-state index contributed by atoms with van der Waals surface area (Å²) in [5, 5.41) is 6.79. The van der Waals surface area contributed by atoms with E-state index in [-0.39, 0.29) is 5.91 Å². The van der Waals surface area contributed by atoms with Crippen molar-refractivity contribution in [2.75, 3.05) is 0 Å². The standard InChI is InChI=1S/C15H21N5O2/c1-9-5-6-12-16-11(8-20(12)7-9)13-17-14(19-22-13)15(3,4)18-10(2)21/h8-9H,5-7H2,1-4H3,(H,18,21). The van der Waals surface area contributed by atoms with Gasteiger partial charge < -0.3 is 14.4 Å². The quantitative estimate of drug-likeness (QED) is 0.935. The molecule has 1 amide bonds. The second kappa shape index (κ2) is 5.23. The highest BCUT2D eigenvalue weighted by molar-refractivity contribution is 5.73. The van der Waals surface area contributed by atoms with Gasteiger partial charge in [-0.15, -0.1) is 0 Å². The zero-order valence-electron chi connectivity index (χ0n) is 13.4. The highest BCUT2D eigenvalue weighted by Crippen LogP contribution is 2.25. The molecule has 3 heterocycles. The van der Waals surface area contributed by atoms with E-state index in [1.54, 1.807) is 0 Å². The summed E-state index contributed by atoms with van der Waals surface area (Å²) in [7, 11) is 0. The fourth-order valence-corrected chi connectivity index (χ4v) is 2.79. The van der Waals surface area contributed by atoms with Gasteiger partial charge in [0.1, 0.15) is 11.5 Å². The number of rotatable bonds is 3. The van der Waals surface area contributed by atoms with Crippen LogP contribution >= 0.6 is 0 Å². The van der Waals surface area contributed by atoms with Crippen molar-refractivity contribution in [2.24, 2.45) is 5.92 Å². The molecular weight excluding hydrogens is 282 g/mol. The first-order valence-electron chi connectivity index (χ1n) is 7.54. The summed E-state index contributed by atoms with van der Waals surface area (Å²) >= 11 is 0. The summed E-state index contributed by atoms with van der Waals surface area (Å²) in [4.78, 5) is 20.3. The van der Waals surface area contributed by atoms with Gasteiger partial charge in [-0.1, -0.05) is 12.1 Å². The molecule has 2 aromatic rings. The predicted octanol–water partition coefficient (Wildman–Crippen LogP) is 1.89. The molecule has 1 aliphatic heterocycles. The van der Waals surface area contributed by atoms with Gasteiger partial charge in [0.2, 0.25) is 5.91 Å². The molecule has 7 nitrogen and oxygen atoms in total. The fraction of sp³-hybridized carbons (Fsp3) is 0.600. The van der Waals surface area contributed by atoms with Crippen LogP contribution in [0.5, 0.6) is 0 Å². The van der Waals surface area contributed by atoms with Crippen LogP contribution in [0.3, 0.4) is 0 Å². The third-order valence-electron chi connectivity index (χ3n) is 3.92. The molecule has 0 saturated carbocycles. The number of hydrogen-bond donors (Lipinski definition) is 1. The van der Waals surface area contributed by atoms with Crippen molar-refractivity contribution in [2.45, 2.75) is 52.6 Å². The monoisotopic (exact) mass is 303 g/mol. The van der Waals surface area contributed by atoms with Crippen molar-refractivity contribution in [3.63, 3.8) is 0 Å². The Kier molecular flexibility index (Phi) is 3.50. The summed E-state index contributed by atoms with van der Waals surface area (Å²) in [6, 6.07) is 0. The van der Waals surface area contributed by atoms with Crippen LogP contribution in [-0.2, 0) is 23.3 Å². The van der Waals surface area contributed by atoms with E-state index in [1.807, 2.05) is 20.0 Å². The van der Waals surface area contributed by atoms with Gasteiger partial charge in [0.15, 0.2) is 5.82 Å². The Morgan fingerprint density at radius 1 is 1.45 bits per heavy atom. The zero-order valence-corrected chi connectivity index (χ0v) is 13.4. The summed E-state index contributed by atoms with van der Waals surface area (Å²) in [6.45, 7) is 8.35. The van der Waals surface area contributed by atoms with Crippen LogP contribution < -0.4 is 5.32 Å². The molecule has 1 unspecified atom stereocenters. The van der Waals surface area contributed by atoms with Crippen LogP contribution in [0.4, 0.5) is 0 Å². The lowest BCUT2D eigenvalue weighted by Gasteiger charge is -2.20. The van der Waals surface area contributed by atoms with Crippen LogP contribution in [0.25, 0.3) is 11.6 Å². The molecular formula is C15H21N5O2. The Bertz CT molecular complexity index is 701. The molecule has 0 saturated heterocycles. The normalized spacial score (nSPS) is 18.1. The van der Waals surface area contributed by atoms with E-state index in [0.29, 0.717) is 23.3 Å². The lowest BCUT2D eigenvalue weighted by molar-refractivity contribution is -0.120. The largest absolute Gasteiger partial charge is 0.344 e. The SMILES string of the molecule is CC(=O)NC(C)(C)c1noc(-c2cn3c(n2)CCC(C)C3)n1. The van der Waals surface area contributed by atoms with Crippen molar-refractivity contribution in [3.05, 3.63) is 17.8 Å². The molecule has 1 N–H and O–H groups in total. The first-order valence-corrected chi connectivity index (χ1v) is 7.54. The number of aryl methyl sites for hydroxylation is 1. The second-order valence-electron chi connectivity index (χ2n) is 6.57. The molecule has 118 valence electrons. The Morgan fingerprint density at radius 3 is 2.95 bits per heavy atom. The number of aromatic nitrogens is 4. The number of imidazole rings is 1. The van der Waals surface area contributed by atoms with E-state index in [9.17, 15) is 4.79 Å². The van der Waals surface area contributed by atoms with Gasteiger partial charge in [-0.05, 0) is 26.2 Å². The smallest absolute Gasteiger partial charge is 0.278 e. The number of nitrogens with one attached hydrogen (secondary N) is 1. The average Bonchev–Trinajstić information content (AvgIpc) is 3.02. The summed E-state index contributed by atoms with van der Waals surface area (Å²) in [5.41, 5.74) is 0.0167. The molecule has 1 atom stereocenters. The summed E-state index contributed by atoms with van der Waals surface area (Å²) < 4.78 is 7.49. The topological polar surface area (TPSA) is 85.8 Å². The van der Waals surface area contributed by atoms with E-state index in [0.717, 1.165) is 25.2 Å². The molecule has 0 bridgehead atoms. The molecule has 3 rings (SSSR count).